The van der Waals surface area contributed by atoms with E-state index in [2.05, 4.69) is 26.1 Å². The average molecular weight is 311 g/mol. The molecule has 2 aromatic carbocycles. The average Bonchev–Trinajstić information content (AvgIpc) is 2.59. The minimum atomic E-state index is -0.103. The molecule has 0 saturated heterocycles. The molecule has 0 aliphatic rings. The van der Waals surface area contributed by atoms with Crippen molar-refractivity contribution >= 4 is 5.91 Å². The van der Waals surface area contributed by atoms with Crippen LogP contribution in [-0.2, 0) is 4.79 Å². The zero-order valence-electron chi connectivity index (χ0n) is 14.1. The Bertz CT molecular complexity index is 605. The van der Waals surface area contributed by atoms with Gasteiger partial charge in [0.1, 0.15) is 5.75 Å². The molecular formula is C20H25NO2. The molecule has 2 rings (SSSR count). The maximum absolute atomic E-state index is 12.1. The summed E-state index contributed by atoms with van der Waals surface area (Å²) in [4.78, 5) is 12.1. The van der Waals surface area contributed by atoms with E-state index in [0.29, 0.717) is 5.92 Å². The molecule has 3 nitrogen and oxygen atoms in total. The highest BCUT2D eigenvalue weighted by atomic mass is 16.5. The van der Waals surface area contributed by atoms with Gasteiger partial charge in [-0.05, 0) is 35.6 Å². The van der Waals surface area contributed by atoms with Gasteiger partial charge in [0.05, 0.1) is 6.04 Å². The van der Waals surface area contributed by atoms with E-state index in [-0.39, 0.29) is 18.6 Å². The number of hydrogen-bond acceptors (Lipinski definition) is 2. The molecule has 1 amide bonds. The van der Waals surface area contributed by atoms with E-state index >= 15 is 0 Å². The number of rotatable bonds is 7. The molecule has 2 aromatic rings. The van der Waals surface area contributed by atoms with Crippen LogP contribution in [0.25, 0.3) is 0 Å². The van der Waals surface area contributed by atoms with E-state index in [1.165, 1.54) is 5.56 Å². The summed E-state index contributed by atoms with van der Waals surface area (Å²) in [6.07, 6.45) is 0.846. The van der Waals surface area contributed by atoms with Gasteiger partial charge in [-0.25, -0.2) is 0 Å². The Labute approximate surface area is 138 Å². The van der Waals surface area contributed by atoms with Crippen molar-refractivity contribution in [2.45, 2.75) is 39.2 Å². The van der Waals surface area contributed by atoms with Gasteiger partial charge in [0, 0.05) is 0 Å². The smallest absolute Gasteiger partial charge is 0.258 e. The van der Waals surface area contributed by atoms with Crippen molar-refractivity contribution in [2.75, 3.05) is 6.61 Å². The van der Waals surface area contributed by atoms with E-state index < -0.39 is 0 Å². The van der Waals surface area contributed by atoms with Crippen LogP contribution in [0.5, 0.6) is 5.75 Å². The molecule has 3 heteroatoms. The topological polar surface area (TPSA) is 38.3 Å². The van der Waals surface area contributed by atoms with E-state index in [4.69, 9.17) is 4.74 Å². The fourth-order valence-electron chi connectivity index (χ4n) is 2.44. The van der Waals surface area contributed by atoms with Gasteiger partial charge in [-0.3, -0.25) is 4.79 Å². The lowest BCUT2D eigenvalue weighted by molar-refractivity contribution is -0.123. The van der Waals surface area contributed by atoms with Crippen molar-refractivity contribution in [3.63, 3.8) is 0 Å². The number of carbonyl (C=O) groups excluding carboxylic acids is 1. The monoisotopic (exact) mass is 311 g/mol. The Kier molecular flexibility index (Phi) is 6.21. The number of carbonyl (C=O) groups is 1. The van der Waals surface area contributed by atoms with Crippen LogP contribution in [-0.4, -0.2) is 12.5 Å². The van der Waals surface area contributed by atoms with Gasteiger partial charge in [-0.15, -0.1) is 0 Å². The van der Waals surface area contributed by atoms with Crippen LogP contribution >= 0.6 is 0 Å². The molecule has 0 heterocycles. The first-order valence-electron chi connectivity index (χ1n) is 8.17. The second-order valence-corrected chi connectivity index (χ2v) is 5.95. The minimum Gasteiger partial charge on any atom is -0.484 e. The van der Waals surface area contributed by atoms with E-state index in [1.54, 1.807) is 0 Å². The maximum Gasteiger partial charge on any atom is 0.258 e. The van der Waals surface area contributed by atoms with Crippen LogP contribution in [0.4, 0.5) is 0 Å². The van der Waals surface area contributed by atoms with Gasteiger partial charge < -0.3 is 10.1 Å². The zero-order valence-corrected chi connectivity index (χ0v) is 14.1. The van der Waals surface area contributed by atoms with Crippen LogP contribution < -0.4 is 10.1 Å². The molecule has 0 spiro atoms. The summed E-state index contributed by atoms with van der Waals surface area (Å²) < 4.78 is 5.57. The van der Waals surface area contributed by atoms with E-state index in [0.717, 1.165) is 17.7 Å². The van der Waals surface area contributed by atoms with Gasteiger partial charge in [-0.1, -0.05) is 63.2 Å². The highest BCUT2D eigenvalue weighted by Gasteiger charge is 2.12. The van der Waals surface area contributed by atoms with Crippen molar-refractivity contribution in [1.29, 1.82) is 0 Å². The standard InChI is InChI=1S/C20H25NO2/c1-4-19(17-8-6-5-7-9-17)21-20(22)14-23-18-12-10-16(11-13-18)15(2)3/h5-13,15,19H,4,14H2,1-3H3,(H,21,22)/t19-/m0/s1. The lowest BCUT2D eigenvalue weighted by Gasteiger charge is -2.17. The second kappa shape index (κ2) is 8.37. The Morgan fingerprint density at radius 2 is 1.65 bits per heavy atom. The Morgan fingerprint density at radius 1 is 1.00 bits per heavy atom. The number of ether oxygens (including phenoxy) is 1. The van der Waals surface area contributed by atoms with Crippen LogP contribution in [0.2, 0.25) is 0 Å². The van der Waals surface area contributed by atoms with Gasteiger partial charge in [0.2, 0.25) is 0 Å². The summed E-state index contributed by atoms with van der Waals surface area (Å²) in [6, 6.07) is 17.9. The molecule has 0 bridgehead atoms. The molecule has 0 aliphatic carbocycles. The van der Waals surface area contributed by atoms with Crippen LogP contribution in [0, 0.1) is 0 Å². The fourth-order valence-corrected chi connectivity index (χ4v) is 2.44. The third kappa shape index (κ3) is 5.13. The second-order valence-electron chi connectivity index (χ2n) is 5.95. The SMILES string of the molecule is CC[C@H](NC(=O)COc1ccc(C(C)C)cc1)c1ccccc1. The molecule has 1 N–H and O–H groups in total. The summed E-state index contributed by atoms with van der Waals surface area (Å²) in [5.74, 6) is 1.11. The molecule has 0 unspecified atom stereocenters. The first-order valence-corrected chi connectivity index (χ1v) is 8.17. The normalized spacial score (nSPS) is 12.0. The summed E-state index contributed by atoms with van der Waals surface area (Å²) in [7, 11) is 0. The van der Waals surface area contributed by atoms with Crippen LogP contribution in [0.1, 0.15) is 50.3 Å². The van der Waals surface area contributed by atoms with E-state index in [1.807, 2.05) is 54.6 Å². The third-order valence-electron chi connectivity index (χ3n) is 3.86. The molecule has 0 saturated carbocycles. The summed E-state index contributed by atoms with van der Waals surface area (Å²) >= 11 is 0. The molecular weight excluding hydrogens is 286 g/mol. The van der Waals surface area contributed by atoms with E-state index in [9.17, 15) is 4.79 Å². The molecule has 122 valence electrons. The zero-order chi connectivity index (χ0) is 16.7. The Morgan fingerprint density at radius 3 is 2.22 bits per heavy atom. The first-order chi connectivity index (χ1) is 11.1. The summed E-state index contributed by atoms with van der Waals surface area (Å²) in [5.41, 5.74) is 2.38. The highest BCUT2D eigenvalue weighted by Crippen LogP contribution is 2.19. The van der Waals surface area contributed by atoms with Gasteiger partial charge >= 0.3 is 0 Å². The third-order valence-corrected chi connectivity index (χ3v) is 3.86. The predicted molar refractivity (Wildman–Crippen MR) is 93.6 cm³/mol. The first kappa shape index (κ1) is 17.1. The fraction of sp³-hybridized carbons (Fsp3) is 0.350. The number of nitrogens with one attached hydrogen (secondary N) is 1. The molecule has 0 radical (unpaired) electrons. The van der Waals surface area contributed by atoms with Crippen molar-refractivity contribution in [2.24, 2.45) is 0 Å². The summed E-state index contributed by atoms with van der Waals surface area (Å²) in [5, 5.41) is 3.02. The maximum atomic E-state index is 12.1. The molecule has 0 aromatic heterocycles. The van der Waals surface area contributed by atoms with Crippen molar-refractivity contribution in [1.82, 2.24) is 5.32 Å². The Balaban J connectivity index is 1.86. The molecule has 23 heavy (non-hydrogen) atoms. The Hall–Kier alpha value is -2.29. The lowest BCUT2D eigenvalue weighted by atomic mass is 10.0. The van der Waals surface area contributed by atoms with Crippen molar-refractivity contribution in [3.8, 4) is 5.75 Å². The molecule has 0 aliphatic heterocycles. The molecule has 1 atom stereocenters. The lowest BCUT2D eigenvalue weighted by Crippen LogP contribution is -2.32. The van der Waals surface area contributed by atoms with Crippen LogP contribution in [0.15, 0.2) is 54.6 Å². The number of amides is 1. The quantitative estimate of drug-likeness (QED) is 0.820. The minimum absolute atomic E-state index is 0.0237. The van der Waals surface area contributed by atoms with Crippen LogP contribution in [0.3, 0.4) is 0 Å². The van der Waals surface area contributed by atoms with Crippen molar-refractivity contribution in [3.05, 3.63) is 65.7 Å². The number of hydrogen-bond donors (Lipinski definition) is 1. The predicted octanol–water partition coefficient (Wildman–Crippen LogP) is 4.46. The molecule has 0 fully saturated rings. The van der Waals surface area contributed by atoms with Crippen molar-refractivity contribution < 1.29 is 9.53 Å². The van der Waals surface area contributed by atoms with Gasteiger partial charge in [0.25, 0.3) is 5.91 Å². The number of benzene rings is 2. The highest BCUT2D eigenvalue weighted by molar-refractivity contribution is 5.78. The largest absolute Gasteiger partial charge is 0.484 e. The van der Waals surface area contributed by atoms with Gasteiger partial charge in [-0.2, -0.15) is 0 Å². The summed E-state index contributed by atoms with van der Waals surface area (Å²) in [6.45, 7) is 6.39. The van der Waals surface area contributed by atoms with Gasteiger partial charge in [0.15, 0.2) is 6.61 Å².